The van der Waals surface area contributed by atoms with E-state index in [-0.39, 0.29) is 11.7 Å². The Morgan fingerprint density at radius 1 is 1.00 bits per heavy atom. The van der Waals surface area contributed by atoms with Crippen LogP contribution in [0.15, 0.2) is 53.7 Å². The number of benzene rings is 2. The second-order valence-electron chi connectivity index (χ2n) is 7.80. The van der Waals surface area contributed by atoms with Crippen LogP contribution in [0.3, 0.4) is 0 Å². The molecule has 2 aromatic rings. The molecule has 0 unspecified atom stereocenters. The molecule has 7 heteroatoms. The number of ether oxygens (including phenoxy) is 3. The van der Waals surface area contributed by atoms with Gasteiger partial charge in [-0.3, -0.25) is 9.59 Å². The number of fused-ring (bicyclic) bond motifs is 1. The van der Waals surface area contributed by atoms with Crippen molar-refractivity contribution < 1.29 is 23.8 Å². The summed E-state index contributed by atoms with van der Waals surface area (Å²) in [5.41, 5.74) is 3.93. The molecule has 2 aliphatic rings. The smallest absolute Gasteiger partial charge is 0.316 e. The molecule has 0 bridgehead atoms. The highest BCUT2D eigenvalue weighted by Crippen LogP contribution is 2.44. The molecule has 0 radical (unpaired) electrons. The minimum Gasteiger partial charge on any atom is -0.493 e. The molecule has 1 aliphatic heterocycles. The van der Waals surface area contributed by atoms with Crippen LogP contribution in [0.25, 0.3) is 0 Å². The molecule has 0 aromatic heterocycles. The summed E-state index contributed by atoms with van der Waals surface area (Å²) in [6.45, 7) is 1.90. The zero-order valence-electron chi connectivity index (χ0n) is 18.0. The number of anilines is 2. The molecule has 0 amide bonds. The molecule has 0 fully saturated rings. The third kappa shape index (κ3) is 3.60. The summed E-state index contributed by atoms with van der Waals surface area (Å²) in [6, 6.07) is 12.9. The van der Waals surface area contributed by atoms with E-state index >= 15 is 0 Å². The average Bonchev–Trinajstić information content (AvgIpc) is 2.94. The first kappa shape index (κ1) is 20.8. The molecule has 7 nitrogen and oxygen atoms in total. The molecule has 1 aliphatic carbocycles. The number of para-hydroxylation sites is 2. The second-order valence-corrected chi connectivity index (χ2v) is 7.80. The van der Waals surface area contributed by atoms with E-state index in [4.69, 9.17) is 14.2 Å². The Morgan fingerprint density at radius 2 is 1.71 bits per heavy atom. The number of methoxy groups -OCH3 is 3. The van der Waals surface area contributed by atoms with Crippen molar-refractivity contribution in [3.8, 4) is 11.5 Å². The van der Waals surface area contributed by atoms with Crippen molar-refractivity contribution in [3.63, 3.8) is 0 Å². The van der Waals surface area contributed by atoms with Crippen LogP contribution in [-0.2, 0) is 14.3 Å². The van der Waals surface area contributed by atoms with Crippen molar-refractivity contribution >= 4 is 23.1 Å². The lowest BCUT2D eigenvalue weighted by atomic mass is 9.75. The van der Waals surface area contributed by atoms with Gasteiger partial charge in [0.05, 0.1) is 38.7 Å². The summed E-state index contributed by atoms with van der Waals surface area (Å²) < 4.78 is 15.8. The van der Waals surface area contributed by atoms with E-state index < -0.39 is 17.9 Å². The number of hydrogen-bond acceptors (Lipinski definition) is 7. The quantitative estimate of drug-likeness (QED) is 0.570. The Balaban J connectivity index is 1.88. The van der Waals surface area contributed by atoms with E-state index in [2.05, 4.69) is 10.6 Å². The molecule has 162 valence electrons. The number of allylic oxidation sites excluding steroid dienone is 1. The molecule has 1 heterocycles. The largest absolute Gasteiger partial charge is 0.493 e. The number of nitrogens with one attached hydrogen (secondary N) is 2. The van der Waals surface area contributed by atoms with E-state index in [0.717, 1.165) is 22.6 Å². The first-order valence-electron chi connectivity index (χ1n) is 10.2. The van der Waals surface area contributed by atoms with Gasteiger partial charge in [0.2, 0.25) is 0 Å². The zero-order valence-corrected chi connectivity index (χ0v) is 18.0. The van der Waals surface area contributed by atoms with Crippen molar-refractivity contribution in [2.45, 2.75) is 19.4 Å². The maximum absolute atomic E-state index is 13.6. The topological polar surface area (TPSA) is 85.9 Å². The van der Waals surface area contributed by atoms with E-state index in [1.807, 2.05) is 49.4 Å². The summed E-state index contributed by atoms with van der Waals surface area (Å²) in [7, 11) is 4.47. The van der Waals surface area contributed by atoms with Gasteiger partial charge < -0.3 is 24.8 Å². The minimum atomic E-state index is -0.837. The molecule has 4 rings (SSSR count). The second kappa shape index (κ2) is 8.34. The number of carbonyl (C=O) groups excluding carboxylic acids is 2. The fraction of sp³-hybridized carbons (Fsp3) is 0.333. The molecular weight excluding hydrogens is 396 g/mol. The van der Waals surface area contributed by atoms with Gasteiger partial charge in [-0.2, -0.15) is 0 Å². The Bertz CT molecular complexity index is 1060. The van der Waals surface area contributed by atoms with Gasteiger partial charge in [-0.25, -0.2) is 0 Å². The maximum Gasteiger partial charge on any atom is 0.316 e. The molecule has 2 N–H and O–H groups in total. The van der Waals surface area contributed by atoms with E-state index in [9.17, 15) is 9.59 Å². The fourth-order valence-corrected chi connectivity index (χ4v) is 4.42. The summed E-state index contributed by atoms with van der Waals surface area (Å²) >= 11 is 0. The number of rotatable bonds is 4. The molecule has 0 saturated heterocycles. The Morgan fingerprint density at radius 3 is 2.39 bits per heavy atom. The summed E-state index contributed by atoms with van der Waals surface area (Å²) in [5, 5.41) is 6.94. The molecule has 0 saturated carbocycles. The van der Waals surface area contributed by atoms with Gasteiger partial charge in [0.1, 0.15) is 5.92 Å². The molecule has 31 heavy (non-hydrogen) atoms. The van der Waals surface area contributed by atoms with Gasteiger partial charge in [-0.15, -0.1) is 0 Å². The standard InChI is InChI=1S/C24H26N2O5/c1-13-11-17-21(23(27)20(13)24(28)31-4)22(26-16-8-6-5-7-15(16)25-17)14-9-10-18(29-2)19(12-14)30-3/h5-10,12-13,20,22,25-26H,11H2,1-4H3/t13-,20+,22-/m1/s1. The SMILES string of the molecule is COC(=O)[C@@H]1C(=O)C2=C(C[C@H]1C)Nc1ccccc1N[C@@H]2c1ccc(OC)c(OC)c1. The Hall–Kier alpha value is -3.48. The number of carbonyl (C=O) groups is 2. The van der Waals surface area contributed by atoms with E-state index in [1.165, 1.54) is 7.11 Å². The van der Waals surface area contributed by atoms with Crippen LogP contribution in [0.4, 0.5) is 11.4 Å². The lowest BCUT2D eigenvalue weighted by molar-refractivity contribution is -0.151. The van der Waals surface area contributed by atoms with Crippen LogP contribution >= 0.6 is 0 Å². The monoisotopic (exact) mass is 422 g/mol. The number of esters is 1. The molecule has 3 atom stereocenters. The molecular formula is C24H26N2O5. The van der Waals surface area contributed by atoms with Crippen LogP contribution in [0, 0.1) is 11.8 Å². The number of Topliss-reactive ketones (excluding diaryl/α,β-unsaturated/α-hetero) is 1. The maximum atomic E-state index is 13.6. The summed E-state index contributed by atoms with van der Waals surface area (Å²) in [5.74, 6) is -0.581. The van der Waals surface area contributed by atoms with Crippen molar-refractivity contribution in [2.75, 3.05) is 32.0 Å². The Labute approximate surface area is 181 Å². The van der Waals surface area contributed by atoms with Gasteiger partial charge in [0.15, 0.2) is 17.3 Å². The third-order valence-electron chi connectivity index (χ3n) is 5.97. The van der Waals surface area contributed by atoms with Crippen molar-refractivity contribution in [3.05, 3.63) is 59.3 Å². The predicted molar refractivity (Wildman–Crippen MR) is 117 cm³/mol. The normalized spacial score (nSPS) is 22.3. The summed E-state index contributed by atoms with van der Waals surface area (Å²) in [4.78, 5) is 26.1. The van der Waals surface area contributed by atoms with Crippen LogP contribution in [-0.4, -0.2) is 33.1 Å². The number of hydrogen-bond donors (Lipinski definition) is 2. The minimum absolute atomic E-state index is 0.178. The van der Waals surface area contributed by atoms with Crippen molar-refractivity contribution in [1.29, 1.82) is 0 Å². The Kier molecular flexibility index (Phi) is 5.59. The van der Waals surface area contributed by atoms with Crippen LogP contribution in [0.5, 0.6) is 11.5 Å². The average molecular weight is 422 g/mol. The highest BCUT2D eigenvalue weighted by molar-refractivity contribution is 6.11. The lowest BCUT2D eigenvalue weighted by Crippen LogP contribution is -2.39. The van der Waals surface area contributed by atoms with Crippen molar-refractivity contribution in [2.24, 2.45) is 11.8 Å². The van der Waals surface area contributed by atoms with Crippen molar-refractivity contribution in [1.82, 2.24) is 0 Å². The van der Waals surface area contributed by atoms with Gasteiger partial charge in [-0.1, -0.05) is 25.1 Å². The highest BCUT2D eigenvalue weighted by Gasteiger charge is 2.44. The van der Waals surface area contributed by atoms with Crippen LogP contribution < -0.4 is 20.1 Å². The van der Waals surface area contributed by atoms with E-state index in [1.54, 1.807) is 14.2 Å². The van der Waals surface area contributed by atoms with Gasteiger partial charge >= 0.3 is 5.97 Å². The third-order valence-corrected chi connectivity index (χ3v) is 5.97. The lowest BCUT2D eigenvalue weighted by Gasteiger charge is -2.32. The first-order chi connectivity index (χ1) is 15.0. The first-order valence-corrected chi connectivity index (χ1v) is 10.2. The zero-order chi connectivity index (χ0) is 22.1. The number of ketones is 1. The summed E-state index contributed by atoms with van der Waals surface area (Å²) in [6.07, 6.45) is 0.556. The fourth-order valence-electron chi connectivity index (χ4n) is 4.42. The van der Waals surface area contributed by atoms with Crippen LogP contribution in [0.2, 0.25) is 0 Å². The highest BCUT2D eigenvalue weighted by atomic mass is 16.5. The van der Waals surface area contributed by atoms with Gasteiger partial charge in [0.25, 0.3) is 0 Å². The molecule has 2 aromatic carbocycles. The van der Waals surface area contributed by atoms with E-state index in [0.29, 0.717) is 23.5 Å². The van der Waals surface area contributed by atoms with Gasteiger partial charge in [-0.05, 0) is 42.2 Å². The van der Waals surface area contributed by atoms with Crippen LogP contribution in [0.1, 0.15) is 24.9 Å². The molecule has 0 spiro atoms. The van der Waals surface area contributed by atoms with Gasteiger partial charge in [0, 0.05) is 11.3 Å². The predicted octanol–water partition coefficient (Wildman–Crippen LogP) is 3.93.